The number of hydrogen-bond donors (Lipinski definition) is 0. The molecule has 1 aromatic carbocycles. The second-order valence-electron chi connectivity index (χ2n) is 4.05. The topological polar surface area (TPSA) is 35.5 Å². The Kier molecular flexibility index (Phi) is 4.41. The molecule has 0 aromatic heterocycles. The van der Waals surface area contributed by atoms with Crippen molar-refractivity contribution >= 4 is 5.78 Å². The molecule has 19 heavy (non-hydrogen) atoms. The van der Waals surface area contributed by atoms with Gasteiger partial charge in [0.1, 0.15) is 19.0 Å². The standard InChI is InChI=1S/C16H14O3/c1-13(17)7-9-16-10-8-14(12-19-16)11-18-15-5-3-2-4-6-15/h2-6,8,10H,11-12H2,1H3. The Bertz CT molecular complexity index is 571. The van der Waals surface area contributed by atoms with E-state index in [0.717, 1.165) is 11.3 Å². The molecule has 3 nitrogen and oxygen atoms in total. The van der Waals surface area contributed by atoms with Gasteiger partial charge >= 0.3 is 0 Å². The van der Waals surface area contributed by atoms with Crippen LogP contribution >= 0.6 is 0 Å². The van der Waals surface area contributed by atoms with E-state index in [9.17, 15) is 4.79 Å². The number of Topliss-reactive ketones (excluding diaryl/α,β-unsaturated/α-hetero) is 1. The van der Waals surface area contributed by atoms with E-state index in [4.69, 9.17) is 9.47 Å². The molecule has 1 aliphatic heterocycles. The third kappa shape index (κ3) is 4.36. The van der Waals surface area contributed by atoms with Gasteiger partial charge in [0.15, 0.2) is 5.76 Å². The average molecular weight is 254 g/mol. The number of rotatable bonds is 3. The Balaban J connectivity index is 1.91. The molecule has 1 heterocycles. The highest BCUT2D eigenvalue weighted by Gasteiger charge is 2.06. The summed E-state index contributed by atoms with van der Waals surface area (Å²) in [5, 5.41) is 0. The van der Waals surface area contributed by atoms with Crippen LogP contribution in [0.1, 0.15) is 6.92 Å². The van der Waals surface area contributed by atoms with E-state index in [-0.39, 0.29) is 5.78 Å². The van der Waals surface area contributed by atoms with Gasteiger partial charge in [0.2, 0.25) is 5.78 Å². The fraction of sp³-hybridized carbons (Fsp3) is 0.188. The molecule has 0 bridgehead atoms. The summed E-state index contributed by atoms with van der Waals surface area (Å²) in [5.74, 6) is 6.28. The minimum absolute atomic E-state index is 0.174. The van der Waals surface area contributed by atoms with Crippen LogP contribution in [0.15, 0.2) is 53.8 Å². The van der Waals surface area contributed by atoms with Crippen LogP contribution in [0.5, 0.6) is 5.75 Å². The molecule has 0 spiro atoms. The number of ether oxygens (including phenoxy) is 2. The van der Waals surface area contributed by atoms with Crippen molar-refractivity contribution in [3.05, 3.63) is 53.8 Å². The zero-order valence-corrected chi connectivity index (χ0v) is 10.7. The summed E-state index contributed by atoms with van der Waals surface area (Å²) in [6.07, 6.45) is 3.67. The quantitative estimate of drug-likeness (QED) is 0.614. The smallest absolute Gasteiger partial charge is 0.202 e. The third-order valence-corrected chi connectivity index (χ3v) is 2.41. The van der Waals surface area contributed by atoms with E-state index in [1.54, 1.807) is 6.08 Å². The Morgan fingerprint density at radius 3 is 2.74 bits per heavy atom. The minimum atomic E-state index is -0.174. The molecular formula is C16H14O3. The fourth-order valence-corrected chi connectivity index (χ4v) is 1.47. The molecule has 0 atom stereocenters. The molecule has 3 heteroatoms. The molecule has 0 radical (unpaired) electrons. The largest absolute Gasteiger partial charge is 0.489 e. The third-order valence-electron chi connectivity index (χ3n) is 2.41. The van der Waals surface area contributed by atoms with Gasteiger partial charge in [-0.2, -0.15) is 0 Å². The highest BCUT2D eigenvalue weighted by molar-refractivity contribution is 5.93. The molecule has 0 N–H and O–H groups in total. The maximum Gasteiger partial charge on any atom is 0.202 e. The van der Waals surface area contributed by atoms with Crippen LogP contribution in [0.25, 0.3) is 0 Å². The molecule has 1 aliphatic rings. The number of ketones is 1. The molecule has 1 aromatic rings. The minimum Gasteiger partial charge on any atom is -0.489 e. The lowest BCUT2D eigenvalue weighted by atomic mass is 10.2. The number of para-hydroxylation sites is 1. The van der Waals surface area contributed by atoms with Crippen LogP contribution in [0, 0.1) is 11.8 Å². The van der Waals surface area contributed by atoms with E-state index in [1.165, 1.54) is 6.92 Å². The molecular weight excluding hydrogens is 240 g/mol. The summed E-state index contributed by atoms with van der Waals surface area (Å²) in [5.41, 5.74) is 1.03. The van der Waals surface area contributed by atoms with E-state index in [1.807, 2.05) is 36.4 Å². The zero-order valence-electron chi connectivity index (χ0n) is 10.7. The lowest BCUT2D eigenvalue weighted by molar-refractivity contribution is -0.111. The first-order chi connectivity index (χ1) is 9.24. The first-order valence-electron chi connectivity index (χ1n) is 5.97. The molecule has 2 rings (SSSR count). The van der Waals surface area contributed by atoms with Crippen molar-refractivity contribution < 1.29 is 14.3 Å². The van der Waals surface area contributed by atoms with Crippen molar-refractivity contribution in [1.82, 2.24) is 0 Å². The van der Waals surface area contributed by atoms with Gasteiger partial charge in [-0.3, -0.25) is 4.79 Å². The van der Waals surface area contributed by atoms with Crippen molar-refractivity contribution in [2.24, 2.45) is 0 Å². The van der Waals surface area contributed by atoms with Crippen molar-refractivity contribution in [3.63, 3.8) is 0 Å². The molecule has 0 fully saturated rings. The maximum atomic E-state index is 10.7. The van der Waals surface area contributed by atoms with Crippen LogP contribution in [-0.4, -0.2) is 19.0 Å². The van der Waals surface area contributed by atoms with E-state index in [0.29, 0.717) is 19.0 Å². The van der Waals surface area contributed by atoms with E-state index in [2.05, 4.69) is 11.8 Å². The van der Waals surface area contributed by atoms with Crippen LogP contribution in [0.3, 0.4) is 0 Å². The average Bonchev–Trinajstić information content (AvgIpc) is 2.45. The Morgan fingerprint density at radius 1 is 1.32 bits per heavy atom. The van der Waals surface area contributed by atoms with Gasteiger partial charge in [0, 0.05) is 12.5 Å². The molecule has 0 saturated heterocycles. The van der Waals surface area contributed by atoms with Gasteiger partial charge < -0.3 is 9.47 Å². The predicted molar refractivity (Wildman–Crippen MR) is 72.5 cm³/mol. The van der Waals surface area contributed by atoms with Gasteiger partial charge in [0.05, 0.1) is 0 Å². The van der Waals surface area contributed by atoms with Gasteiger partial charge in [-0.15, -0.1) is 0 Å². The first-order valence-corrected chi connectivity index (χ1v) is 5.97. The van der Waals surface area contributed by atoms with E-state index >= 15 is 0 Å². The summed E-state index contributed by atoms with van der Waals surface area (Å²) < 4.78 is 11.0. The SMILES string of the molecule is CC(=O)C#CC1=CC=C(COc2ccccc2)CO1. The van der Waals surface area contributed by atoms with Crippen molar-refractivity contribution in [2.75, 3.05) is 13.2 Å². The number of carbonyl (C=O) groups excluding carboxylic acids is 1. The molecule has 0 saturated carbocycles. The van der Waals surface area contributed by atoms with Crippen molar-refractivity contribution in [3.8, 4) is 17.6 Å². The number of benzene rings is 1. The summed E-state index contributed by atoms with van der Waals surface area (Å²) >= 11 is 0. The number of allylic oxidation sites excluding steroid dienone is 3. The van der Waals surface area contributed by atoms with Gasteiger partial charge in [0.25, 0.3) is 0 Å². The molecule has 0 amide bonds. The molecule has 0 aliphatic carbocycles. The van der Waals surface area contributed by atoms with E-state index < -0.39 is 0 Å². The van der Waals surface area contributed by atoms with Crippen LogP contribution < -0.4 is 4.74 Å². The summed E-state index contributed by atoms with van der Waals surface area (Å²) in [6.45, 7) is 2.34. The Labute approximate surface area is 112 Å². The Morgan fingerprint density at radius 2 is 2.11 bits per heavy atom. The lowest BCUT2D eigenvalue weighted by Crippen LogP contribution is -2.10. The fourth-order valence-electron chi connectivity index (χ4n) is 1.47. The molecule has 96 valence electrons. The van der Waals surface area contributed by atoms with Gasteiger partial charge in [-0.25, -0.2) is 0 Å². The van der Waals surface area contributed by atoms with Crippen LogP contribution in [-0.2, 0) is 9.53 Å². The van der Waals surface area contributed by atoms with Crippen LogP contribution in [0.4, 0.5) is 0 Å². The summed E-state index contributed by atoms with van der Waals surface area (Å²) in [6, 6.07) is 9.61. The van der Waals surface area contributed by atoms with Crippen molar-refractivity contribution in [2.45, 2.75) is 6.92 Å². The molecule has 0 unspecified atom stereocenters. The number of hydrogen-bond acceptors (Lipinski definition) is 3. The monoisotopic (exact) mass is 254 g/mol. The normalized spacial score (nSPS) is 13.3. The van der Waals surface area contributed by atoms with Crippen LogP contribution in [0.2, 0.25) is 0 Å². The maximum absolute atomic E-state index is 10.7. The lowest BCUT2D eigenvalue weighted by Gasteiger charge is -2.14. The second-order valence-corrected chi connectivity index (χ2v) is 4.05. The first kappa shape index (κ1) is 13.0. The van der Waals surface area contributed by atoms with Crippen molar-refractivity contribution in [1.29, 1.82) is 0 Å². The summed E-state index contributed by atoms with van der Waals surface area (Å²) in [4.78, 5) is 10.7. The highest BCUT2D eigenvalue weighted by atomic mass is 16.5. The second kappa shape index (κ2) is 6.46. The predicted octanol–water partition coefficient (Wildman–Crippen LogP) is 2.50. The van der Waals surface area contributed by atoms with Gasteiger partial charge in [-0.1, -0.05) is 24.3 Å². The zero-order chi connectivity index (χ0) is 13.5. The highest BCUT2D eigenvalue weighted by Crippen LogP contribution is 2.13. The summed E-state index contributed by atoms with van der Waals surface area (Å²) in [7, 11) is 0. The van der Waals surface area contributed by atoms with Gasteiger partial charge in [-0.05, 0) is 30.0 Å². The number of carbonyl (C=O) groups is 1. The Hall–Kier alpha value is -2.47.